The number of nitrogens with two attached hydrogens (primary N) is 1. The van der Waals surface area contributed by atoms with Gasteiger partial charge in [0.25, 0.3) is 0 Å². The molecule has 1 aromatic rings. The topological polar surface area (TPSA) is 46.3 Å². The summed E-state index contributed by atoms with van der Waals surface area (Å²) in [6.07, 6.45) is 2.22. The molecule has 0 bridgehead atoms. The Bertz CT molecular complexity index is 396. The summed E-state index contributed by atoms with van der Waals surface area (Å²) in [5, 5.41) is 0. The molecule has 0 aliphatic heterocycles. The summed E-state index contributed by atoms with van der Waals surface area (Å²) < 4.78 is 1.04. The molecule has 0 unspecified atom stereocenters. The summed E-state index contributed by atoms with van der Waals surface area (Å²) in [6, 6.07) is 8.45. The number of amides is 1. The van der Waals surface area contributed by atoms with E-state index in [1.165, 1.54) is 0 Å². The molecule has 0 atom stereocenters. The molecule has 0 radical (unpaired) electrons. The molecule has 17 heavy (non-hydrogen) atoms. The normalized spacial score (nSPS) is 14.0. The van der Waals surface area contributed by atoms with Crippen molar-refractivity contribution in [3.8, 4) is 0 Å². The van der Waals surface area contributed by atoms with Crippen molar-refractivity contribution in [3.63, 3.8) is 0 Å². The molecular formula is C12H16BrClN2O. The van der Waals surface area contributed by atoms with Crippen molar-refractivity contribution in [1.29, 1.82) is 0 Å². The quantitative estimate of drug-likeness (QED) is 0.926. The van der Waals surface area contributed by atoms with Crippen LogP contribution in [0.15, 0.2) is 28.7 Å². The summed E-state index contributed by atoms with van der Waals surface area (Å²) in [4.78, 5) is 13.6. The van der Waals surface area contributed by atoms with Crippen LogP contribution in [0.25, 0.3) is 0 Å². The minimum Gasteiger partial charge on any atom is -0.334 e. The third-order valence-electron chi connectivity index (χ3n) is 2.72. The molecule has 0 heterocycles. The van der Waals surface area contributed by atoms with E-state index >= 15 is 0 Å². The Hall–Kier alpha value is -0.580. The predicted molar refractivity (Wildman–Crippen MR) is 74.0 cm³/mol. The van der Waals surface area contributed by atoms with Crippen LogP contribution in [0.1, 0.15) is 18.4 Å². The molecule has 1 fully saturated rings. The molecular weight excluding hydrogens is 304 g/mol. The SMILES string of the molecule is Cl.NCC(=O)N(Cc1cccc(Br)c1)C1CC1. The molecule has 0 saturated heterocycles. The van der Waals surface area contributed by atoms with Gasteiger partial charge in [0.2, 0.25) is 5.91 Å². The van der Waals surface area contributed by atoms with Crippen LogP contribution in [0.3, 0.4) is 0 Å². The number of hydrogen-bond acceptors (Lipinski definition) is 2. The molecule has 0 spiro atoms. The molecule has 2 N–H and O–H groups in total. The van der Waals surface area contributed by atoms with Crippen LogP contribution in [-0.2, 0) is 11.3 Å². The molecule has 1 aliphatic carbocycles. The lowest BCUT2D eigenvalue weighted by atomic mass is 10.2. The van der Waals surface area contributed by atoms with Crippen LogP contribution < -0.4 is 5.73 Å². The van der Waals surface area contributed by atoms with E-state index in [9.17, 15) is 4.79 Å². The zero-order valence-electron chi connectivity index (χ0n) is 9.43. The van der Waals surface area contributed by atoms with E-state index in [0.717, 1.165) is 22.9 Å². The van der Waals surface area contributed by atoms with E-state index < -0.39 is 0 Å². The van der Waals surface area contributed by atoms with Crippen molar-refractivity contribution < 1.29 is 4.79 Å². The number of nitrogens with zero attached hydrogens (tertiary/aromatic N) is 1. The fraction of sp³-hybridized carbons (Fsp3) is 0.417. The van der Waals surface area contributed by atoms with Gasteiger partial charge >= 0.3 is 0 Å². The Labute approximate surface area is 116 Å². The van der Waals surface area contributed by atoms with Gasteiger partial charge in [-0.05, 0) is 30.5 Å². The van der Waals surface area contributed by atoms with E-state index in [-0.39, 0.29) is 24.9 Å². The molecule has 3 nitrogen and oxygen atoms in total. The van der Waals surface area contributed by atoms with E-state index in [4.69, 9.17) is 5.73 Å². The van der Waals surface area contributed by atoms with Gasteiger partial charge < -0.3 is 10.6 Å². The monoisotopic (exact) mass is 318 g/mol. The second-order valence-electron chi connectivity index (χ2n) is 4.09. The van der Waals surface area contributed by atoms with Crippen LogP contribution in [0.4, 0.5) is 0 Å². The van der Waals surface area contributed by atoms with E-state index in [0.29, 0.717) is 12.6 Å². The molecule has 2 rings (SSSR count). The minimum absolute atomic E-state index is 0. The standard InChI is InChI=1S/C12H15BrN2O.ClH/c13-10-3-1-2-9(6-10)8-15(11-4-5-11)12(16)7-14;/h1-3,6,11H,4-5,7-8,14H2;1H. The fourth-order valence-corrected chi connectivity index (χ4v) is 2.20. The lowest BCUT2D eigenvalue weighted by Gasteiger charge is -2.21. The lowest BCUT2D eigenvalue weighted by molar-refractivity contribution is -0.130. The van der Waals surface area contributed by atoms with Gasteiger partial charge in [0.15, 0.2) is 0 Å². The second kappa shape index (κ2) is 6.38. The number of carbonyl (C=O) groups is 1. The smallest absolute Gasteiger partial charge is 0.236 e. The van der Waals surface area contributed by atoms with Gasteiger partial charge in [-0.15, -0.1) is 12.4 Å². The maximum Gasteiger partial charge on any atom is 0.236 e. The van der Waals surface area contributed by atoms with Crippen molar-refractivity contribution in [1.82, 2.24) is 4.90 Å². The summed E-state index contributed by atoms with van der Waals surface area (Å²) >= 11 is 3.43. The lowest BCUT2D eigenvalue weighted by Crippen LogP contribution is -2.37. The van der Waals surface area contributed by atoms with Gasteiger partial charge in [0.1, 0.15) is 0 Å². The average molecular weight is 320 g/mol. The first-order chi connectivity index (χ1) is 7.70. The van der Waals surface area contributed by atoms with Gasteiger partial charge in [-0.25, -0.2) is 0 Å². The highest BCUT2D eigenvalue weighted by Gasteiger charge is 2.31. The summed E-state index contributed by atoms with van der Waals surface area (Å²) in [5.74, 6) is 0.0440. The van der Waals surface area contributed by atoms with Crippen LogP contribution in [0.5, 0.6) is 0 Å². The Morgan fingerprint density at radius 2 is 2.18 bits per heavy atom. The van der Waals surface area contributed by atoms with E-state index in [1.54, 1.807) is 0 Å². The van der Waals surface area contributed by atoms with Crippen molar-refractivity contribution in [2.24, 2.45) is 5.73 Å². The Balaban J connectivity index is 0.00000144. The Kier molecular flexibility index (Phi) is 5.43. The highest BCUT2D eigenvalue weighted by molar-refractivity contribution is 9.10. The summed E-state index contributed by atoms with van der Waals surface area (Å²) in [5.41, 5.74) is 6.56. The van der Waals surface area contributed by atoms with Gasteiger partial charge in [-0.2, -0.15) is 0 Å². The van der Waals surface area contributed by atoms with Crippen LogP contribution in [0, 0.1) is 0 Å². The maximum absolute atomic E-state index is 11.7. The average Bonchev–Trinajstić information content (AvgIpc) is 3.09. The molecule has 1 amide bonds. The third-order valence-corrected chi connectivity index (χ3v) is 3.22. The largest absolute Gasteiger partial charge is 0.334 e. The summed E-state index contributed by atoms with van der Waals surface area (Å²) in [7, 11) is 0. The Morgan fingerprint density at radius 3 is 2.71 bits per heavy atom. The van der Waals surface area contributed by atoms with Crippen molar-refractivity contribution in [2.45, 2.75) is 25.4 Å². The first-order valence-corrected chi connectivity index (χ1v) is 6.24. The molecule has 94 valence electrons. The van der Waals surface area contributed by atoms with Gasteiger partial charge in [0.05, 0.1) is 6.54 Å². The number of rotatable bonds is 4. The van der Waals surface area contributed by atoms with Gasteiger partial charge in [-0.1, -0.05) is 28.1 Å². The molecule has 1 saturated carbocycles. The number of hydrogen-bond donors (Lipinski definition) is 1. The van der Waals surface area contributed by atoms with Crippen LogP contribution in [0.2, 0.25) is 0 Å². The number of halogens is 2. The first-order valence-electron chi connectivity index (χ1n) is 5.44. The summed E-state index contributed by atoms with van der Waals surface area (Å²) in [6.45, 7) is 0.768. The third kappa shape index (κ3) is 3.98. The zero-order chi connectivity index (χ0) is 11.5. The molecule has 0 aromatic heterocycles. The van der Waals surface area contributed by atoms with Crippen molar-refractivity contribution in [2.75, 3.05) is 6.54 Å². The maximum atomic E-state index is 11.7. The number of carbonyl (C=O) groups excluding carboxylic acids is 1. The van der Waals surface area contributed by atoms with Crippen LogP contribution in [-0.4, -0.2) is 23.4 Å². The fourth-order valence-electron chi connectivity index (χ4n) is 1.76. The Morgan fingerprint density at radius 1 is 1.47 bits per heavy atom. The van der Waals surface area contributed by atoms with Gasteiger partial charge in [0, 0.05) is 17.1 Å². The van der Waals surface area contributed by atoms with E-state index in [1.807, 2.05) is 29.2 Å². The zero-order valence-corrected chi connectivity index (χ0v) is 11.8. The van der Waals surface area contributed by atoms with Crippen LogP contribution >= 0.6 is 28.3 Å². The molecule has 5 heteroatoms. The number of benzene rings is 1. The van der Waals surface area contributed by atoms with Crippen molar-refractivity contribution in [3.05, 3.63) is 34.3 Å². The highest BCUT2D eigenvalue weighted by atomic mass is 79.9. The molecule has 1 aliphatic rings. The first kappa shape index (κ1) is 14.5. The highest BCUT2D eigenvalue weighted by Crippen LogP contribution is 2.28. The minimum atomic E-state index is 0. The second-order valence-corrected chi connectivity index (χ2v) is 5.00. The predicted octanol–water partition coefficient (Wildman–Crippen LogP) is 2.32. The van der Waals surface area contributed by atoms with Crippen molar-refractivity contribution >= 4 is 34.2 Å². The molecule has 1 aromatic carbocycles. The van der Waals surface area contributed by atoms with E-state index in [2.05, 4.69) is 15.9 Å². The van der Waals surface area contributed by atoms with Gasteiger partial charge in [-0.3, -0.25) is 4.79 Å².